The van der Waals surface area contributed by atoms with E-state index in [-0.39, 0.29) is 39.3 Å². The van der Waals surface area contributed by atoms with Crippen LogP contribution in [0.15, 0.2) is 60.7 Å². The molecule has 2 aromatic rings. The molecule has 2 aliphatic rings. The number of ether oxygens (including phenoxy) is 3. The predicted molar refractivity (Wildman–Crippen MR) is 118 cm³/mol. The zero-order valence-electron chi connectivity index (χ0n) is 18.1. The predicted octanol–water partition coefficient (Wildman–Crippen LogP) is 2.34. The molecule has 2 aliphatic heterocycles. The van der Waals surface area contributed by atoms with E-state index in [9.17, 15) is 14.4 Å². The van der Waals surface area contributed by atoms with Crippen LogP contribution in [-0.4, -0.2) is 53.8 Å². The summed E-state index contributed by atoms with van der Waals surface area (Å²) in [5.41, 5.74) is 6.08. The van der Waals surface area contributed by atoms with Crippen LogP contribution in [0.5, 0.6) is 0 Å². The van der Waals surface area contributed by atoms with Crippen LogP contribution in [0, 0.1) is 0 Å². The molecule has 2 bridgehead atoms. The number of morpholine rings is 1. The van der Waals surface area contributed by atoms with E-state index in [2.05, 4.69) is 5.32 Å². The minimum atomic E-state index is -1.34. The molecule has 2 saturated heterocycles. The van der Waals surface area contributed by atoms with Gasteiger partial charge in [-0.15, -0.1) is 0 Å². The lowest BCUT2D eigenvalue weighted by molar-refractivity contribution is -0.135. The maximum atomic E-state index is 12.9. The highest BCUT2D eigenvalue weighted by Crippen LogP contribution is 2.35. The Morgan fingerprint density at radius 3 is 1.94 bits per heavy atom. The summed E-state index contributed by atoms with van der Waals surface area (Å²) in [5.74, 6) is -0.673. The monoisotopic (exact) mass is 453 g/mol. The Labute approximate surface area is 191 Å². The highest BCUT2D eigenvalue weighted by atomic mass is 16.6. The van der Waals surface area contributed by atoms with Gasteiger partial charge in [-0.25, -0.2) is 9.59 Å². The second-order valence-electron chi connectivity index (χ2n) is 8.33. The molecule has 2 unspecified atom stereocenters. The molecular weight excluding hydrogens is 426 g/mol. The lowest BCUT2D eigenvalue weighted by atomic mass is 9.78. The van der Waals surface area contributed by atoms with Crippen LogP contribution >= 0.6 is 0 Å². The first-order valence-corrected chi connectivity index (χ1v) is 10.8. The van der Waals surface area contributed by atoms with Crippen molar-refractivity contribution >= 4 is 18.1 Å². The first kappa shape index (κ1) is 22.6. The van der Waals surface area contributed by atoms with Crippen molar-refractivity contribution in [3.8, 4) is 0 Å². The normalized spacial score (nSPS) is 23.9. The van der Waals surface area contributed by atoms with Crippen LogP contribution in [-0.2, 0) is 32.2 Å². The van der Waals surface area contributed by atoms with Gasteiger partial charge in [-0.3, -0.25) is 9.69 Å². The fraction of sp³-hybridized carbons (Fsp3) is 0.375. The van der Waals surface area contributed by atoms with Gasteiger partial charge >= 0.3 is 12.2 Å². The molecule has 0 spiro atoms. The molecular formula is C24H27N3O6. The molecule has 4 rings (SSSR count). The quantitative estimate of drug-likeness (QED) is 0.693. The number of primary amides is 1. The third-order valence-corrected chi connectivity index (χ3v) is 6.02. The van der Waals surface area contributed by atoms with Gasteiger partial charge in [-0.05, 0) is 11.1 Å². The highest BCUT2D eigenvalue weighted by Gasteiger charge is 2.53. The summed E-state index contributed by atoms with van der Waals surface area (Å²) in [7, 11) is 0. The number of carbonyl (C=O) groups is 3. The van der Waals surface area contributed by atoms with Crippen molar-refractivity contribution in [3.63, 3.8) is 0 Å². The van der Waals surface area contributed by atoms with Crippen LogP contribution < -0.4 is 11.1 Å². The third-order valence-electron chi connectivity index (χ3n) is 6.02. The Morgan fingerprint density at radius 1 is 0.909 bits per heavy atom. The number of hydrogen-bond acceptors (Lipinski definition) is 6. The number of piperidine rings is 1. The Balaban J connectivity index is 1.41. The standard InChI is InChI=1S/C24H27N3O6/c25-21(28)24(26-22(29)32-13-17-7-3-1-4-8-17)11-19-15-31-16-20(12-24)27(19)23(30)33-14-18-9-5-2-6-10-18/h1-10,19-20H,11-16H2,(H2,25,28)(H,26,29). The molecule has 2 aromatic carbocycles. The van der Waals surface area contributed by atoms with Crippen LogP contribution in [0.25, 0.3) is 0 Å². The van der Waals surface area contributed by atoms with Crippen LogP contribution in [0.4, 0.5) is 9.59 Å². The average molecular weight is 453 g/mol. The van der Waals surface area contributed by atoms with Gasteiger partial charge in [0.25, 0.3) is 0 Å². The Hall–Kier alpha value is -3.59. The third kappa shape index (κ3) is 5.25. The first-order chi connectivity index (χ1) is 16.0. The fourth-order valence-corrected chi connectivity index (χ4v) is 4.41. The average Bonchev–Trinajstić information content (AvgIpc) is 2.82. The van der Waals surface area contributed by atoms with Gasteiger partial charge in [0.2, 0.25) is 5.91 Å². The number of fused-ring (bicyclic) bond motifs is 2. The van der Waals surface area contributed by atoms with Crippen LogP contribution in [0.3, 0.4) is 0 Å². The summed E-state index contributed by atoms with van der Waals surface area (Å²) < 4.78 is 16.4. The topological polar surface area (TPSA) is 120 Å². The Morgan fingerprint density at radius 2 is 1.42 bits per heavy atom. The number of rotatable bonds is 6. The summed E-state index contributed by atoms with van der Waals surface area (Å²) in [6, 6.07) is 17.6. The molecule has 2 fully saturated rings. The van der Waals surface area contributed by atoms with E-state index < -0.39 is 35.7 Å². The second kappa shape index (κ2) is 9.91. The SMILES string of the molecule is NC(=O)C1(NC(=O)OCc2ccccc2)CC2COCC(C1)N2C(=O)OCc1ccccc1. The lowest BCUT2D eigenvalue weighted by Gasteiger charge is -2.51. The number of nitrogens with zero attached hydrogens (tertiary/aromatic N) is 1. The summed E-state index contributed by atoms with van der Waals surface area (Å²) in [5, 5.41) is 2.68. The van der Waals surface area contributed by atoms with Gasteiger partial charge in [0.05, 0.1) is 25.3 Å². The molecule has 3 amide bonds. The van der Waals surface area contributed by atoms with Gasteiger partial charge < -0.3 is 25.3 Å². The molecule has 3 N–H and O–H groups in total. The number of nitrogens with two attached hydrogens (primary N) is 1. The van der Waals surface area contributed by atoms with E-state index in [1.807, 2.05) is 60.7 Å². The molecule has 0 aromatic heterocycles. The van der Waals surface area contributed by atoms with Crippen molar-refractivity contribution in [1.82, 2.24) is 10.2 Å². The number of benzene rings is 2. The zero-order valence-corrected chi connectivity index (χ0v) is 18.1. The number of hydrogen-bond donors (Lipinski definition) is 2. The van der Waals surface area contributed by atoms with E-state index >= 15 is 0 Å². The molecule has 2 atom stereocenters. The molecule has 0 saturated carbocycles. The minimum Gasteiger partial charge on any atom is -0.445 e. The lowest BCUT2D eigenvalue weighted by Crippen LogP contribution is -2.71. The zero-order chi connectivity index (χ0) is 23.3. The highest BCUT2D eigenvalue weighted by molar-refractivity contribution is 5.89. The molecule has 0 aliphatic carbocycles. The molecule has 9 heteroatoms. The Bertz CT molecular complexity index is 970. The molecule has 174 valence electrons. The fourth-order valence-electron chi connectivity index (χ4n) is 4.41. The van der Waals surface area contributed by atoms with E-state index in [1.54, 1.807) is 4.90 Å². The van der Waals surface area contributed by atoms with E-state index in [0.29, 0.717) is 0 Å². The number of amides is 3. The summed E-state index contributed by atoms with van der Waals surface area (Å²) in [6.45, 7) is 0.635. The first-order valence-electron chi connectivity index (χ1n) is 10.8. The molecule has 9 nitrogen and oxygen atoms in total. The summed E-state index contributed by atoms with van der Waals surface area (Å²) in [6.07, 6.45) is -1.00. The van der Waals surface area contributed by atoms with Gasteiger partial charge in [0.15, 0.2) is 0 Å². The van der Waals surface area contributed by atoms with Gasteiger partial charge in [-0.2, -0.15) is 0 Å². The van der Waals surface area contributed by atoms with Gasteiger partial charge in [-0.1, -0.05) is 60.7 Å². The van der Waals surface area contributed by atoms with Crippen molar-refractivity contribution in [2.24, 2.45) is 5.73 Å². The van der Waals surface area contributed by atoms with Crippen molar-refractivity contribution in [2.45, 2.75) is 43.7 Å². The maximum Gasteiger partial charge on any atom is 0.410 e. The van der Waals surface area contributed by atoms with Crippen molar-refractivity contribution in [3.05, 3.63) is 71.8 Å². The van der Waals surface area contributed by atoms with E-state index in [1.165, 1.54) is 0 Å². The van der Waals surface area contributed by atoms with Gasteiger partial charge in [0, 0.05) is 12.8 Å². The number of nitrogens with one attached hydrogen (secondary N) is 1. The van der Waals surface area contributed by atoms with Crippen molar-refractivity contribution in [1.29, 1.82) is 0 Å². The largest absolute Gasteiger partial charge is 0.445 e. The van der Waals surface area contributed by atoms with E-state index in [4.69, 9.17) is 19.9 Å². The summed E-state index contributed by atoms with van der Waals surface area (Å²) in [4.78, 5) is 39.5. The maximum absolute atomic E-state index is 12.9. The Kier molecular flexibility index (Phi) is 6.79. The van der Waals surface area contributed by atoms with Crippen molar-refractivity contribution in [2.75, 3.05) is 13.2 Å². The molecule has 0 radical (unpaired) electrons. The van der Waals surface area contributed by atoms with Crippen molar-refractivity contribution < 1.29 is 28.6 Å². The van der Waals surface area contributed by atoms with E-state index in [0.717, 1.165) is 11.1 Å². The van der Waals surface area contributed by atoms with Crippen LogP contribution in [0.1, 0.15) is 24.0 Å². The van der Waals surface area contributed by atoms with Gasteiger partial charge in [0.1, 0.15) is 18.8 Å². The van der Waals surface area contributed by atoms with Crippen LogP contribution in [0.2, 0.25) is 0 Å². The minimum absolute atomic E-state index is 0.0649. The molecule has 2 heterocycles. The number of alkyl carbamates (subject to hydrolysis) is 1. The number of carbonyl (C=O) groups excluding carboxylic acids is 3. The molecule has 33 heavy (non-hydrogen) atoms. The smallest absolute Gasteiger partial charge is 0.410 e. The summed E-state index contributed by atoms with van der Waals surface area (Å²) >= 11 is 0. The second-order valence-corrected chi connectivity index (χ2v) is 8.33.